The Hall–Kier alpha value is -1.15. The first-order chi connectivity index (χ1) is 12.7. The van der Waals surface area contributed by atoms with Crippen LogP contribution in [0.15, 0.2) is 45.3 Å². The highest BCUT2D eigenvalue weighted by molar-refractivity contribution is 9.10. The molecule has 3 aromatic rings. The molecule has 0 bridgehead atoms. The van der Waals surface area contributed by atoms with Crippen molar-refractivity contribution in [2.45, 2.75) is 43.3 Å². The Morgan fingerprint density at radius 3 is 2.85 bits per heavy atom. The molecule has 7 heteroatoms. The minimum absolute atomic E-state index is 0.261. The maximum Gasteiger partial charge on any atom is 0.191 e. The minimum Gasteiger partial charge on any atom is -0.376 e. The van der Waals surface area contributed by atoms with Gasteiger partial charge < -0.3 is 4.74 Å². The first kappa shape index (κ1) is 18.2. The molecule has 0 unspecified atom stereocenters. The van der Waals surface area contributed by atoms with Gasteiger partial charge in [0.25, 0.3) is 0 Å². The summed E-state index contributed by atoms with van der Waals surface area (Å²) in [6.45, 7) is 3.80. The molecule has 136 valence electrons. The van der Waals surface area contributed by atoms with E-state index in [1.54, 1.807) is 23.1 Å². The largest absolute Gasteiger partial charge is 0.376 e. The van der Waals surface area contributed by atoms with Crippen molar-refractivity contribution in [2.24, 2.45) is 0 Å². The summed E-state index contributed by atoms with van der Waals surface area (Å²) in [4.78, 5) is 1.29. The van der Waals surface area contributed by atoms with Gasteiger partial charge in [-0.1, -0.05) is 39.8 Å². The van der Waals surface area contributed by atoms with Crippen LogP contribution >= 0.6 is 39.0 Å². The van der Waals surface area contributed by atoms with Gasteiger partial charge in [-0.05, 0) is 43.5 Å². The summed E-state index contributed by atoms with van der Waals surface area (Å²) in [5, 5.41) is 12.1. The molecule has 1 aromatic carbocycles. The van der Waals surface area contributed by atoms with Crippen LogP contribution < -0.4 is 0 Å². The number of hydrogen-bond acceptors (Lipinski definition) is 5. The predicted molar refractivity (Wildman–Crippen MR) is 111 cm³/mol. The predicted octanol–water partition coefficient (Wildman–Crippen LogP) is 5.55. The summed E-state index contributed by atoms with van der Waals surface area (Å²) in [5.74, 6) is 1.82. The molecule has 2 aromatic heterocycles. The fourth-order valence-corrected chi connectivity index (χ4v) is 4.90. The average molecular weight is 450 g/mol. The van der Waals surface area contributed by atoms with Crippen molar-refractivity contribution < 1.29 is 4.74 Å². The van der Waals surface area contributed by atoms with Gasteiger partial charge >= 0.3 is 0 Å². The second-order valence-electron chi connectivity index (χ2n) is 6.41. The van der Waals surface area contributed by atoms with Crippen LogP contribution in [0.2, 0.25) is 0 Å². The van der Waals surface area contributed by atoms with E-state index in [2.05, 4.69) is 73.3 Å². The molecule has 0 N–H and O–H groups in total. The third-order valence-corrected chi connectivity index (χ3v) is 6.82. The van der Waals surface area contributed by atoms with Crippen molar-refractivity contribution in [1.29, 1.82) is 0 Å². The van der Waals surface area contributed by atoms with E-state index in [1.807, 2.05) is 0 Å². The van der Waals surface area contributed by atoms with Gasteiger partial charge in [0.15, 0.2) is 11.0 Å². The van der Waals surface area contributed by atoms with Gasteiger partial charge in [0.05, 0.1) is 12.6 Å². The topological polar surface area (TPSA) is 39.9 Å². The van der Waals surface area contributed by atoms with E-state index in [0.717, 1.165) is 52.8 Å². The molecular formula is C19H20BrN3OS2. The van der Waals surface area contributed by atoms with Gasteiger partial charge in [-0.15, -0.1) is 21.5 Å². The fourth-order valence-electron chi connectivity index (χ4n) is 3.05. The van der Waals surface area contributed by atoms with Gasteiger partial charge in [0, 0.05) is 32.7 Å². The number of aromatic nitrogens is 3. The highest BCUT2D eigenvalue weighted by Gasteiger charge is 2.22. The molecule has 3 heterocycles. The molecule has 4 nitrogen and oxygen atoms in total. The number of thioether (sulfide) groups is 1. The third-order valence-electron chi connectivity index (χ3n) is 4.40. The average Bonchev–Trinajstić information content (AvgIpc) is 3.37. The Labute approximate surface area is 170 Å². The molecular weight excluding hydrogens is 430 g/mol. The monoisotopic (exact) mass is 449 g/mol. The fraction of sp³-hybridized carbons (Fsp3) is 0.368. The first-order valence-electron chi connectivity index (χ1n) is 8.66. The lowest BCUT2D eigenvalue weighted by Crippen LogP contribution is -2.16. The van der Waals surface area contributed by atoms with Crippen LogP contribution in [0.4, 0.5) is 0 Å². The molecule has 1 fully saturated rings. The van der Waals surface area contributed by atoms with Crippen LogP contribution in [-0.4, -0.2) is 27.5 Å². The van der Waals surface area contributed by atoms with Crippen LogP contribution in [0.5, 0.6) is 0 Å². The van der Waals surface area contributed by atoms with Crippen molar-refractivity contribution in [1.82, 2.24) is 14.8 Å². The lowest BCUT2D eigenvalue weighted by Gasteiger charge is -2.14. The summed E-state index contributed by atoms with van der Waals surface area (Å²) >= 11 is 6.97. The van der Waals surface area contributed by atoms with Gasteiger partial charge in [0.1, 0.15) is 0 Å². The number of hydrogen-bond donors (Lipinski definition) is 0. The molecule has 0 radical (unpaired) electrons. The molecule has 26 heavy (non-hydrogen) atoms. The zero-order valence-electron chi connectivity index (χ0n) is 14.5. The van der Waals surface area contributed by atoms with Crippen LogP contribution in [0.25, 0.3) is 11.4 Å². The van der Waals surface area contributed by atoms with E-state index in [9.17, 15) is 0 Å². The lowest BCUT2D eigenvalue weighted by atomic mass is 10.2. The van der Waals surface area contributed by atoms with Gasteiger partial charge in [-0.2, -0.15) is 0 Å². The highest BCUT2D eigenvalue weighted by Crippen LogP contribution is 2.30. The Bertz CT molecular complexity index is 869. The summed E-state index contributed by atoms with van der Waals surface area (Å²) in [7, 11) is 0. The zero-order chi connectivity index (χ0) is 17.9. The zero-order valence-corrected chi connectivity index (χ0v) is 17.7. The lowest BCUT2D eigenvalue weighted by molar-refractivity contribution is 0.0953. The second kappa shape index (κ2) is 8.25. The smallest absolute Gasteiger partial charge is 0.191 e. The maximum atomic E-state index is 5.87. The van der Waals surface area contributed by atoms with E-state index in [-0.39, 0.29) is 6.10 Å². The summed E-state index contributed by atoms with van der Waals surface area (Å²) in [6, 6.07) is 10.6. The van der Waals surface area contributed by atoms with Crippen molar-refractivity contribution in [3.63, 3.8) is 0 Å². The molecule has 1 aliphatic rings. The molecule has 4 rings (SSSR count). The molecule has 1 aliphatic heterocycles. The number of thiophene rings is 1. The Morgan fingerprint density at radius 1 is 1.31 bits per heavy atom. The van der Waals surface area contributed by atoms with E-state index in [0.29, 0.717) is 0 Å². The molecule has 1 saturated heterocycles. The van der Waals surface area contributed by atoms with Gasteiger partial charge in [0.2, 0.25) is 0 Å². The number of nitrogens with zero attached hydrogens (tertiary/aromatic N) is 3. The second-order valence-corrected chi connectivity index (χ2v) is 9.39. The standard InChI is InChI=1S/C19H20BrN3OS2/c1-13-9-15(12-25-13)18-21-22-19(23(18)10-17-3-2-8-24-17)26-11-14-4-6-16(20)7-5-14/h4-7,9,12,17H,2-3,8,10-11H2,1H3/t17-/m1/s1. The van der Waals surface area contributed by atoms with E-state index >= 15 is 0 Å². The summed E-state index contributed by atoms with van der Waals surface area (Å²) in [6.07, 6.45) is 2.51. The number of halogens is 1. The molecule has 0 amide bonds. The van der Waals surface area contributed by atoms with Crippen molar-refractivity contribution in [3.8, 4) is 11.4 Å². The summed E-state index contributed by atoms with van der Waals surface area (Å²) in [5.41, 5.74) is 2.42. The number of rotatable bonds is 6. The van der Waals surface area contributed by atoms with E-state index in [1.165, 1.54) is 10.4 Å². The number of benzene rings is 1. The Balaban J connectivity index is 1.58. The quantitative estimate of drug-likeness (QED) is 0.462. The third kappa shape index (κ3) is 4.22. The number of aryl methyl sites for hydroxylation is 1. The van der Waals surface area contributed by atoms with Crippen molar-refractivity contribution in [3.05, 3.63) is 50.6 Å². The highest BCUT2D eigenvalue weighted by atomic mass is 79.9. The molecule has 1 atom stereocenters. The molecule has 0 aliphatic carbocycles. The van der Waals surface area contributed by atoms with Crippen molar-refractivity contribution in [2.75, 3.05) is 6.61 Å². The van der Waals surface area contributed by atoms with Crippen LogP contribution in [0, 0.1) is 6.92 Å². The minimum atomic E-state index is 0.261. The first-order valence-corrected chi connectivity index (χ1v) is 11.3. The van der Waals surface area contributed by atoms with Gasteiger partial charge in [-0.25, -0.2) is 0 Å². The van der Waals surface area contributed by atoms with E-state index < -0.39 is 0 Å². The summed E-state index contributed by atoms with van der Waals surface area (Å²) < 4.78 is 9.20. The van der Waals surface area contributed by atoms with Crippen LogP contribution in [-0.2, 0) is 17.0 Å². The van der Waals surface area contributed by atoms with E-state index in [4.69, 9.17) is 4.74 Å². The van der Waals surface area contributed by atoms with Crippen LogP contribution in [0.1, 0.15) is 23.3 Å². The Kier molecular flexibility index (Phi) is 5.78. The SMILES string of the molecule is Cc1cc(-c2nnc(SCc3ccc(Br)cc3)n2C[C@H]2CCCO2)cs1. The van der Waals surface area contributed by atoms with Crippen molar-refractivity contribution >= 4 is 39.0 Å². The van der Waals surface area contributed by atoms with Crippen LogP contribution in [0.3, 0.4) is 0 Å². The molecule has 0 spiro atoms. The Morgan fingerprint density at radius 2 is 2.15 bits per heavy atom. The maximum absolute atomic E-state index is 5.87. The normalized spacial score (nSPS) is 17.1. The van der Waals surface area contributed by atoms with Gasteiger partial charge in [-0.3, -0.25) is 4.57 Å². The number of ether oxygens (including phenoxy) is 1. The molecule has 0 saturated carbocycles.